The Labute approximate surface area is 419 Å². The Balaban J connectivity index is 0.974. The molecule has 4 heterocycles. The number of H-pyrrole nitrogens is 1. The fraction of sp³-hybridized carbons (Fsp3) is 0.460. The SMILES string of the molecule is Cc1c[nH]c2c(OP(=O)(O)O)cc3c(c12)[C@H](CCl)CN3C(=O)C12CC(C(=O)N3C[C@@H](CCl)c4c3cc(N(C(=O)[C@@H](NC(=O)CCCCCN3C(=O)C=CC3=O)C(C)C)[C@@H](C)C(N)=O)c3ccccc43)(C1)C2. The molecule has 0 unspecified atom stereocenters. The summed E-state index contributed by atoms with van der Waals surface area (Å²) in [5.41, 5.74) is 8.23. The van der Waals surface area contributed by atoms with Crippen molar-refractivity contribution >= 4 is 111 Å². The van der Waals surface area contributed by atoms with Gasteiger partial charge in [-0.15, -0.1) is 23.2 Å². The van der Waals surface area contributed by atoms with Crippen LogP contribution in [0.1, 0.15) is 94.2 Å². The lowest BCUT2D eigenvalue weighted by atomic mass is 9.34. The van der Waals surface area contributed by atoms with Crippen molar-refractivity contribution < 1.29 is 52.4 Å². The van der Waals surface area contributed by atoms with Crippen LogP contribution in [0.25, 0.3) is 21.7 Å². The van der Waals surface area contributed by atoms with E-state index in [0.29, 0.717) is 58.0 Å². The van der Waals surface area contributed by atoms with Gasteiger partial charge in [-0.05, 0) is 80.0 Å². The number of benzene rings is 3. The molecule has 7 amide bonds. The predicted octanol–water partition coefficient (Wildman–Crippen LogP) is 6.14. The van der Waals surface area contributed by atoms with Crippen LogP contribution in [0.4, 0.5) is 17.1 Å². The highest BCUT2D eigenvalue weighted by Crippen LogP contribution is 2.75. The highest BCUT2D eigenvalue weighted by atomic mass is 35.5. The Morgan fingerprint density at radius 3 is 2.03 bits per heavy atom. The second-order valence-corrected chi connectivity index (χ2v) is 21.9. The molecule has 0 spiro atoms. The van der Waals surface area contributed by atoms with Gasteiger partial charge in [-0.1, -0.05) is 44.5 Å². The van der Waals surface area contributed by atoms with Gasteiger partial charge in [0.05, 0.1) is 27.7 Å². The number of alkyl halides is 2. The third-order valence-electron chi connectivity index (χ3n) is 15.1. The quantitative estimate of drug-likeness (QED) is 0.0327. The number of nitrogens with one attached hydrogen (secondary N) is 2. The number of carbonyl (C=O) groups is 7. The first kappa shape index (κ1) is 50.2. The lowest BCUT2D eigenvalue weighted by molar-refractivity contribution is -0.205. The van der Waals surface area contributed by atoms with Crippen LogP contribution in [0.3, 0.4) is 0 Å². The number of phosphoric ester groups is 1. The molecule has 0 saturated heterocycles. The van der Waals surface area contributed by atoms with Crippen LogP contribution < -0.4 is 30.3 Å². The van der Waals surface area contributed by atoms with Crippen molar-refractivity contribution in [3.8, 4) is 5.75 Å². The molecule has 3 aliphatic carbocycles. The summed E-state index contributed by atoms with van der Waals surface area (Å²) in [4.78, 5) is 124. The topological polar surface area (TPSA) is 253 Å². The summed E-state index contributed by atoms with van der Waals surface area (Å²) >= 11 is 13.2. The summed E-state index contributed by atoms with van der Waals surface area (Å²) in [7, 11) is -4.99. The standard InChI is InChI=1S/C50H56Cl2N7O11P/c1-26(2)43(55-37(60)12-6-5-9-15-56-38(61)13-14-39(56)62)46(64)59(28(4)45(53)63)33-16-34-41(32-11-8-7-10-31(32)33)29(18-51)21-57(34)47(65)49-23-50(24-49,25-49)48(66)58-22-30(19-52)42-35(58)17-36(70-71(67,68)69)44-40(42)27(3)20-54-44/h7-8,10-11,13-14,16-17,20,26,28-30,43,54H,5-6,9,12,15,18-19,21-25H2,1-4H3,(H2,53,63)(H,55,60)(H2,67,68,69)/t28-,29+,30+,43-,49?,50?/m0/s1. The van der Waals surface area contributed by atoms with Gasteiger partial charge in [0.25, 0.3) is 17.7 Å². The number of phosphoric acid groups is 1. The molecular formula is C50H56Cl2N7O11P. The first-order chi connectivity index (χ1) is 33.6. The van der Waals surface area contributed by atoms with Crippen LogP contribution in [-0.4, -0.2) is 104 Å². The minimum absolute atomic E-state index is 0.0701. The van der Waals surface area contributed by atoms with Gasteiger partial charge in [0.15, 0.2) is 5.75 Å². The zero-order valence-corrected chi connectivity index (χ0v) is 42.1. The Kier molecular flexibility index (Phi) is 13.2. The number of primary amides is 1. The first-order valence-electron chi connectivity index (χ1n) is 23.8. The monoisotopic (exact) mass is 1030 g/mol. The molecule has 3 aliphatic heterocycles. The number of amides is 7. The van der Waals surface area contributed by atoms with Crippen molar-refractivity contribution in [1.82, 2.24) is 15.2 Å². The number of anilines is 3. The van der Waals surface area contributed by atoms with E-state index in [1.165, 1.54) is 30.0 Å². The van der Waals surface area contributed by atoms with E-state index in [4.69, 9.17) is 33.5 Å². The Morgan fingerprint density at radius 2 is 1.46 bits per heavy atom. The first-order valence-corrected chi connectivity index (χ1v) is 26.4. The number of unbranched alkanes of at least 4 members (excludes halogenated alkanes) is 2. The minimum Gasteiger partial charge on any atom is -0.402 e. The summed E-state index contributed by atoms with van der Waals surface area (Å²) in [6.45, 7) is 7.61. The van der Waals surface area contributed by atoms with Crippen LogP contribution in [0.2, 0.25) is 0 Å². The number of imide groups is 1. The summed E-state index contributed by atoms with van der Waals surface area (Å²) < 4.78 is 17.2. The van der Waals surface area contributed by atoms with Gasteiger partial charge >= 0.3 is 7.82 Å². The van der Waals surface area contributed by atoms with Crippen molar-refractivity contribution in [2.45, 2.75) is 96.6 Å². The number of nitrogens with zero attached hydrogens (tertiary/aromatic N) is 4. The molecule has 6 N–H and O–H groups in total. The number of carbonyl (C=O) groups excluding carboxylic acids is 7. The molecule has 0 radical (unpaired) electrons. The predicted molar refractivity (Wildman–Crippen MR) is 267 cm³/mol. The van der Waals surface area contributed by atoms with Crippen LogP contribution in [0.5, 0.6) is 5.75 Å². The van der Waals surface area contributed by atoms with Gasteiger partial charge in [0.2, 0.25) is 23.6 Å². The lowest BCUT2D eigenvalue weighted by Crippen LogP contribution is -2.73. The number of aromatic amines is 1. The summed E-state index contributed by atoms with van der Waals surface area (Å²) in [5.74, 6) is -3.70. The van der Waals surface area contributed by atoms with Crippen LogP contribution in [0, 0.1) is 23.7 Å². The number of hydrogen-bond acceptors (Lipinski definition) is 9. The molecule has 21 heteroatoms. The molecule has 6 aliphatic rings. The average Bonchev–Trinajstić information content (AvgIpc) is 4.06. The fourth-order valence-electron chi connectivity index (χ4n) is 11.7. The molecule has 3 fully saturated rings. The van der Waals surface area contributed by atoms with Crippen molar-refractivity contribution in [1.29, 1.82) is 0 Å². The molecule has 376 valence electrons. The minimum atomic E-state index is -4.99. The van der Waals surface area contributed by atoms with Gasteiger partial charge in [-0.2, -0.15) is 0 Å². The van der Waals surface area contributed by atoms with Crippen molar-refractivity contribution in [2.24, 2.45) is 22.5 Å². The second kappa shape index (κ2) is 18.7. The largest absolute Gasteiger partial charge is 0.524 e. The van der Waals surface area contributed by atoms with Crippen molar-refractivity contribution in [3.63, 3.8) is 0 Å². The summed E-state index contributed by atoms with van der Waals surface area (Å²) in [5, 5.41) is 4.88. The summed E-state index contributed by atoms with van der Waals surface area (Å²) in [6, 6.07) is 8.26. The number of hydrogen-bond donors (Lipinski definition) is 5. The molecule has 3 saturated carbocycles. The molecular weight excluding hydrogens is 976 g/mol. The molecule has 1 aromatic heterocycles. The zero-order valence-electron chi connectivity index (χ0n) is 39.7. The van der Waals surface area contributed by atoms with Crippen molar-refractivity contribution in [3.05, 3.63) is 71.4 Å². The number of fused-ring (bicyclic) bond motifs is 6. The van der Waals surface area contributed by atoms with Gasteiger partial charge in [0, 0.05) is 90.5 Å². The number of halogens is 2. The number of nitrogens with two attached hydrogens (primary N) is 1. The van der Waals surface area contributed by atoms with Gasteiger partial charge < -0.3 is 30.4 Å². The van der Waals surface area contributed by atoms with E-state index in [1.807, 2.05) is 25.1 Å². The van der Waals surface area contributed by atoms with E-state index >= 15 is 4.79 Å². The van der Waals surface area contributed by atoms with Gasteiger partial charge in [0.1, 0.15) is 12.1 Å². The number of aromatic nitrogens is 1. The highest BCUT2D eigenvalue weighted by Gasteiger charge is 2.76. The highest BCUT2D eigenvalue weighted by molar-refractivity contribution is 7.46. The maximum atomic E-state index is 15.1. The number of rotatable bonds is 18. The van der Waals surface area contributed by atoms with E-state index in [2.05, 4.69) is 10.3 Å². The third-order valence-corrected chi connectivity index (χ3v) is 16.3. The van der Waals surface area contributed by atoms with E-state index in [0.717, 1.165) is 21.6 Å². The summed E-state index contributed by atoms with van der Waals surface area (Å²) in [6.07, 6.45) is 6.49. The van der Waals surface area contributed by atoms with Gasteiger partial charge in [-0.25, -0.2) is 4.57 Å². The van der Waals surface area contributed by atoms with Gasteiger partial charge in [-0.3, -0.25) is 53.1 Å². The molecule has 4 aromatic rings. The smallest absolute Gasteiger partial charge is 0.402 e. The van der Waals surface area contributed by atoms with Crippen LogP contribution >= 0.6 is 31.0 Å². The Hall–Kier alpha value is -5.78. The molecule has 18 nitrogen and oxygen atoms in total. The van der Waals surface area contributed by atoms with Crippen LogP contribution in [0.15, 0.2) is 54.7 Å². The fourth-order valence-corrected chi connectivity index (χ4v) is 12.6. The van der Waals surface area contributed by atoms with E-state index in [1.54, 1.807) is 42.0 Å². The zero-order chi connectivity index (χ0) is 51.1. The van der Waals surface area contributed by atoms with Crippen molar-refractivity contribution in [2.75, 3.05) is 46.1 Å². The maximum Gasteiger partial charge on any atom is 0.524 e. The van der Waals surface area contributed by atoms with E-state index in [9.17, 15) is 43.1 Å². The lowest BCUT2D eigenvalue weighted by Gasteiger charge is -2.69. The normalized spacial score (nSPS) is 22.9. The van der Waals surface area contributed by atoms with Crippen LogP contribution in [-0.2, 0) is 38.1 Å². The molecule has 4 atom stereocenters. The third kappa shape index (κ3) is 8.58. The average molecular weight is 1030 g/mol. The molecule has 10 rings (SSSR count). The Bertz CT molecular complexity index is 2990. The van der Waals surface area contributed by atoms with E-state index in [-0.39, 0.29) is 98.3 Å². The molecule has 3 aromatic carbocycles. The number of aryl methyl sites for hydroxylation is 1. The molecule has 2 bridgehead atoms. The molecule has 71 heavy (non-hydrogen) atoms. The maximum absolute atomic E-state index is 15.1. The Morgan fingerprint density at radius 1 is 0.887 bits per heavy atom. The second-order valence-electron chi connectivity index (χ2n) is 20.2. The van der Waals surface area contributed by atoms with E-state index < -0.39 is 54.4 Å².